The molecule has 1 fully saturated rings. The molecule has 0 spiro atoms. The summed E-state index contributed by atoms with van der Waals surface area (Å²) in [6.07, 6.45) is 3.55. The number of hydrogen-bond acceptors (Lipinski definition) is 4. The Kier molecular flexibility index (Phi) is 6.88. The highest BCUT2D eigenvalue weighted by molar-refractivity contribution is 7.71. The lowest BCUT2D eigenvalue weighted by atomic mass is 9.90. The Bertz CT molecular complexity index is 1100. The van der Waals surface area contributed by atoms with E-state index in [4.69, 9.17) is 17.0 Å². The molecule has 0 unspecified atom stereocenters. The lowest BCUT2D eigenvalue weighted by Gasteiger charge is -2.32. The summed E-state index contributed by atoms with van der Waals surface area (Å²) < 4.78 is 10.3. The van der Waals surface area contributed by atoms with E-state index in [1.54, 1.807) is 0 Å². The van der Waals surface area contributed by atoms with Crippen LogP contribution in [0, 0.1) is 10.7 Å². The standard InChI is InChI=1S/C25H31N3O2S/c1-3-27-22-11-10-21(24(29)30-4-2)17-23(22)28(25(27)31)18-26-14-12-20(13-15-26)16-19-8-6-5-7-9-19/h5-11,17,20H,3-4,12-16,18H2,1-2H3. The first-order valence-electron chi connectivity index (χ1n) is 11.3. The van der Waals surface area contributed by atoms with Crippen molar-refractivity contribution >= 4 is 29.2 Å². The molecule has 1 aromatic heterocycles. The molecule has 1 aliphatic rings. The van der Waals surface area contributed by atoms with E-state index in [2.05, 4.69) is 51.3 Å². The smallest absolute Gasteiger partial charge is 0.338 e. The number of carbonyl (C=O) groups excluding carboxylic acids is 1. The van der Waals surface area contributed by atoms with Gasteiger partial charge in [-0.2, -0.15) is 0 Å². The summed E-state index contributed by atoms with van der Waals surface area (Å²) in [4.78, 5) is 14.7. The quantitative estimate of drug-likeness (QED) is 0.372. The van der Waals surface area contributed by atoms with Crippen LogP contribution in [0.4, 0.5) is 0 Å². The molecule has 2 heterocycles. The summed E-state index contributed by atoms with van der Waals surface area (Å²) in [5.41, 5.74) is 4.08. The van der Waals surface area contributed by atoms with Crippen molar-refractivity contribution < 1.29 is 9.53 Å². The molecule has 31 heavy (non-hydrogen) atoms. The zero-order chi connectivity index (χ0) is 21.8. The fourth-order valence-corrected chi connectivity index (χ4v) is 4.97. The molecule has 0 atom stereocenters. The molecule has 0 bridgehead atoms. The minimum atomic E-state index is -0.284. The number of carbonyl (C=O) groups is 1. The number of rotatable bonds is 7. The van der Waals surface area contributed by atoms with Crippen LogP contribution in [0.5, 0.6) is 0 Å². The van der Waals surface area contributed by atoms with Crippen molar-refractivity contribution in [1.82, 2.24) is 14.0 Å². The van der Waals surface area contributed by atoms with Gasteiger partial charge in [0.25, 0.3) is 0 Å². The molecule has 0 N–H and O–H groups in total. The number of aromatic nitrogens is 2. The molecule has 5 nitrogen and oxygen atoms in total. The van der Waals surface area contributed by atoms with Gasteiger partial charge in [-0.05, 0) is 75.0 Å². The van der Waals surface area contributed by atoms with Crippen LogP contribution < -0.4 is 0 Å². The summed E-state index contributed by atoms with van der Waals surface area (Å²) in [6, 6.07) is 16.5. The van der Waals surface area contributed by atoms with E-state index in [1.807, 2.05) is 25.1 Å². The van der Waals surface area contributed by atoms with Crippen molar-refractivity contribution in [2.24, 2.45) is 5.92 Å². The molecule has 2 aromatic carbocycles. The number of benzene rings is 2. The van der Waals surface area contributed by atoms with Gasteiger partial charge in [-0.1, -0.05) is 30.3 Å². The summed E-state index contributed by atoms with van der Waals surface area (Å²) >= 11 is 5.81. The number of imidazole rings is 1. The molecule has 0 amide bonds. The van der Waals surface area contributed by atoms with Crippen LogP contribution in [-0.4, -0.2) is 39.7 Å². The molecule has 0 saturated carbocycles. The van der Waals surface area contributed by atoms with Gasteiger partial charge in [0.05, 0.1) is 29.9 Å². The van der Waals surface area contributed by atoms with Gasteiger partial charge in [0.2, 0.25) is 0 Å². The summed E-state index contributed by atoms with van der Waals surface area (Å²) in [5.74, 6) is 0.451. The second kappa shape index (κ2) is 9.79. The molecule has 3 aromatic rings. The highest BCUT2D eigenvalue weighted by Gasteiger charge is 2.21. The van der Waals surface area contributed by atoms with E-state index in [9.17, 15) is 4.79 Å². The first-order valence-corrected chi connectivity index (χ1v) is 11.7. The van der Waals surface area contributed by atoms with E-state index in [0.717, 1.165) is 54.4 Å². The van der Waals surface area contributed by atoms with Crippen LogP contribution in [0.25, 0.3) is 11.0 Å². The van der Waals surface area contributed by atoms with Crippen molar-refractivity contribution in [3.05, 3.63) is 64.4 Å². The lowest BCUT2D eigenvalue weighted by molar-refractivity contribution is 0.0526. The number of piperidine rings is 1. The van der Waals surface area contributed by atoms with E-state index >= 15 is 0 Å². The largest absolute Gasteiger partial charge is 0.462 e. The topological polar surface area (TPSA) is 39.4 Å². The number of nitrogens with zero attached hydrogens (tertiary/aromatic N) is 3. The van der Waals surface area contributed by atoms with Crippen molar-refractivity contribution in [3.8, 4) is 0 Å². The first kappa shape index (κ1) is 21.8. The Morgan fingerprint density at radius 2 is 1.77 bits per heavy atom. The second-order valence-electron chi connectivity index (χ2n) is 8.27. The minimum absolute atomic E-state index is 0.284. The molecule has 1 aliphatic heterocycles. The molecule has 0 aliphatic carbocycles. The predicted octanol–water partition coefficient (Wildman–Crippen LogP) is 5.28. The Labute approximate surface area is 189 Å². The van der Waals surface area contributed by atoms with E-state index in [0.29, 0.717) is 12.2 Å². The lowest BCUT2D eigenvalue weighted by Crippen LogP contribution is -2.35. The number of aryl methyl sites for hydroxylation is 1. The van der Waals surface area contributed by atoms with Crippen molar-refractivity contribution in [2.75, 3.05) is 19.7 Å². The number of likely N-dealkylation sites (tertiary alicyclic amines) is 1. The van der Waals surface area contributed by atoms with Crippen LogP contribution >= 0.6 is 12.2 Å². The van der Waals surface area contributed by atoms with Gasteiger partial charge in [-0.15, -0.1) is 0 Å². The number of ether oxygens (including phenoxy) is 1. The molecular weight excluding hydrogens is 406 g/mol. The van der Waals surface area contributed by atoms with Crippen molar-refractivity contribution in [3.63, 3.8) is 0 Å². The monoisotopic (exact) mass is 437 g/mol. The van der Waals surface area contributed by atoms with E-state index in [-0.39, 0.29) is 5.97 Å². The number of fused-ring (bicyclic) bond motifs is 1. The SMILES string of the molecule is CCOC(=O)c1ccc2c(c1)n(CN1CCC(Cc3ccccc3)CC1)c(=S)n2CC. The molecule has 6 heteroatoms. The zero-order valence-corrected chi connectivity index (χ0v) is 19.2. The van der Waals surface area contributed by atoms with Gasteiger partial charge in [-0.3, -0.25) is 4.90 Å². The van der Waals surface area contributed by atoms with E-state index < -0.39 is 0 Å². The van der Waals surface area contributed by atoms with Crippen LogP contribution in [0.1, 0.15) is 42.6 Å². The summed E-state index contributed by atoms with van der Waals surface area (Å²) in [7, 11) is 0. The Morgan fingerprint density at radius 1 is 1.03 bits per heavy atom. The molecule has 164 valence electrons. The second-order valence-corrected chi connectivity index (χ2v) is 8.64. The van der Waals surface area contributed by atoms with Gasteiger partial charge in [0.1, 0.15) is 0 Å². The highest BCUT2D eigenvalue weighted by Crippen LogP contribution is 2.25. The van der Waals surface area contributed by atoms with E-state index in [1.165, 1.54) is 18.4 Å². The van der Waals surface area contributed by atoms with Gasteiger partial charge in [0, 0.05) is 19.6 Å². The molecule has 4 rings (SSSR count). The third kappa shape index (κ3) is 4.75. The maximum absolute atomic E-state index is 12.3. The molecule has 0 radical (unpaired) electrons. The fraction of sp³-hybridized carbons (Fsp3) is 0.440. The number of hydrogen-bond donors (Lipinski definition) is 0. The van der Waals surface area contributed by atoms with Gasteiger partial charge in [-0.25, -0.2) is 4.79 Å². The van der Waals surface area contributed by atoms with Gasteiger partial charge < -0.3 is 13.9 Å². The maximum atomic E-state index is 12.3. The average molecular weight is 438 g/mol. The predicted molar refractivity (Wildman–Crippen MR) is 127 cm³/mol. The van der Waals surface area contributed by atoms with Crippen LogP contribution in [0.2, 0.25) is 0 Å². The third-order valence-electron chi connectivity index (χ3n) is 6.26. The zero-order valence-electron chi connectivity index (χ0n) is 18.4. The van der Waals surface area contributed by atoms with Crippen LogP contribution in [0.15, 0.2) is 48.5 Å². The Morgan fingerprint density at radius 3 is 2.45 bits per heavy atom. The number of esters is 1. The maximum Gasteiger partial charge on any atom is 0.338 e. The van der Waals surface area contributed by atoms with Gasteiger partial charge in [0.15, 0.2) is 4.77 Å². The minimum Gasteiger partial charge on any atom is -0.462 e. The average Bonchev–Trinajstić information content (AvgIpc) is 3.06. The van der Waals surface area contributed by atoms with Gasteiger partial charge >= 0.3 is 5.97 Å². The van der Waals surface area contributed by atoms with Crippen molar-refractivity contribution in [1.29, 1.82) is 0 Å². The molecular formula is C25H31N3O2S. The molecule has 1 saturated heterocycles. The Hall–Kier alpha value is -2.44. The van der Waals surface area contributed by atoms with Crippen molar-refractivity contribution in [2.45, 2.75) is 46.3 Å². The summed E-state index contributed by atoms with van der Waals surface area (Å²) in [5, 5.41) is 0. The van der Waals surface area contributed by atoms with Crippen LogP contribution in [-0.2, 0) is 24.4 Å². The summed E-state index contributed by atoms with van der Waals surface area (Å²) in [6.45, 7) is 8.00. The first-order chi connectivity index (χ1) is 15.1. The fourth-order valence-electron chi connectivity index (χ4n) is 4.58. The Balaban J connectivity index is 1.51. The van der Waals surface area contributed by atoms with Crippen LogP contribution in [0.3, 0.4) is 0 Å². The third-order valence-corrected chi connectivity index (χ3v) is 6.70. The normalized spacial score (nSPS) is 15.4. The highest BCUT2D eigenvalue weighted by atomic mass is 32.1.